The Kier molecular flexibility index (Phi) is 6.00. The Balaban J connectivity index is 1.77. The van der Waals surface area contributed by atoms with E-state index in [0.717, 1.165) is 3.79 Å². The van der Waals surface area contributed by atoms with Crippen LogP contribution in [0.4, 0.5) is 4.79 Å². The lowest BCUT2D eigenvalue weighted by Gasteiger charge is -2.32. The molecule has 7 nitrogen and oxygen atoms in total. The summed E-state index contributed by atoms with van der Waals surface area (Å²) in [5.74, 6) is -0.753. The number of nitrogens with one attached hydrogen (secondary N) is 2. The molecule has 0 saturated carbocycles. The predicted octanol–water partition coefficient (Wildman–Crippen LogP) is 1.67. The number of halogens is 1. The van der Waals surface area contributed by atoms with Crippen LogP contribution >= 0.6 is 27.3 Å². The van der Waals surface area contributed by atoms with Gasteiger partial charge in [-0.15, -0.1) is 11.3 Å². The molecule has 0 atom stereocenters. The van der Waals surface area contributed by atoms with Crippen molar-refractivity contribution in [3.63, 3.8) is 0 Å². The minimum absolute atomic E-state index is 0.0413. The highest BCUT2D eigenvalue weighted by atomic mass is 79.9. The van der Waals surface area contributed by atoms with Gasteiger partial charge in [-0.3, -0.25) is 20.4 Å². The molecule has 23 heavy (non-hydrogen) atoms. The molecule has 1 fully saturated rings. The van der Waals surface area contributed by atoms with Crippen LogP contribution in [-0.4, -0.2) is 54.8 Å². The number of likely N-dealkylation sites (tertiary alicyclic amines) is 1. The topological polar surface area (TPSA) is 81.8 Å². The van der Waals surface area contributed by atoms with Crippen LogP contribution in [0, 0.1) is 5.92 Å². The predicted molar refractivity (Wildman–Crippen MR) is 91.0 cm³/mol. The molecule has 1 aromatic heterocycles. The zero-order valence-electron chi connectivity index (χ0n) is 13.0. The molecule has 1 aromatic rings. The zero-order valence-corrected chi connectivity index (χ0v) is 15.4. The summed E-state index contributed by atoms with van der Waals surface area (Å²) in [7, 11) is 3.42. The Morgan fingerprint density at radius 3 is 2.39 bits per heavy atom. The highest BCUT2D eigenvalue weighted by Gasteiger charge is 2.28. The minimum atomic E-state index is -0.339. The molecular weight excluding hydrogens is 384 g/mol. The van der Waals surface area contributed by atoms with Crippen molar-refractivity contribution in [1.82, 2.24) is 20.7 Å². The maximum atomic E-state index is 12.1. The molecule has 0 spiro atoms. The van der Waals surface area contributed by atoms with Crippen LogP contribution in [0.2, 0.25) is 0 Å². The fourth-order valence-corrected chi connectivity index (χ4v) is 3.62. The summed E-state index contributed by atoms with van der Waals surface area (Å²) in [6.45, 7) is 1.09. The van der Waals surface area contributed by atoms with Gasteiger partial charge in [0.05, 0.1) is 8.66 Å². The molecule has 0 aromatic carbocycles. The average Bonchev–Trinajstić information content (AvgIpc) is 2.98. The van der Waals surface area contributed by atoms with Gasteiger partial charge >= 0.3 is 6.03 Å². The number of hydrogen-bond acceptors (Lipinski definition) is 4. The van der Waals surface area contributed by atoms with Gasteiger partial charge in [-0.1, -0.05) is 0 Å². The fourth-order valence-electron chi connectivity index (χ4n) is 2.33. The highest BCUT2D eigenvalue weighted by molar-refractivity contribution is 9.11. The third-order valence-electron chi connectivity index (χ3n) is 3.62. The molecule has 1 aliphatic rings. The van der Waals surface area contributed by atoms with Gasteiger partial charge in [0.2, 0.25) is 5.91 Å². The third-order valence-corrected chi connectivity index (χ3v) is 5.24. The molecule has 9 heteroatoms. The van der Waals surface area contributed by atoms with E-state index in [-0.39, 0.29) is 23.8 Å². The van der Waals surface area contributed by atoms with Crippen molar-refractivity contribution in [3.05, 3.63) is 20.8 Å². The first-order chi connectivity index (χ1) is 10.9. The first-order valence-corrected chi connectivity index (χ1v) is 8.81. The standard InChI is InChI=1S/C14H19BrN4O3S/c1-18(2)14(22)19-7-5-9(6-8-19)12(20)16-17-13(21)10-3-4-11(15)23-10/h3-4,9H,5-8H2,1-2H3,(H,16,20)(H,17,21). The largest absolute Gasteiger partial charge is 0.331 e. The normalized spacial score (nSPS) is 15.2. The van der Waals surface area contributed by atoms with E-state index in [2.05, 4.69) is 26.8 Å². The summed E-state index contributed by atoms with van der Waals surface area (Å²) >= 11 is 4.58. The highest BCUT2D eigenvalue weighted by Crippen LogP contribution is 2.22. The van der Waals surface area contributed by atoms with Crippen molar-refractivity contribution in [1.29, 1.82) is 0 Å². The Hall–Kier alpha value is -1.61. The van der Waals surface area contributed by atoms with Crippen LogP contribution < -0.4 is 10.9 Å². The monoisotopic (exact) mass is 402 g/mol. The number of thiophene rings is 1. The summed E-state index contributed by atoms with van der Waals surface area (Å²) in [4.78, 5) is 39.6. The van der Waals surface area contributed by atoms with Crippen molar-refractivity contribution in [2.45, 2.75) is 12.8 Å². The second-order valence-electron chi connectivity index (χ2n) is 5.49. The summed E-state index contributed by atoms with van der Waals surface area (Å²) in [5, 5.41) is 0. The molecule has 126 valence electrons. The number of nitrogens with zero attached hydrogens (tertiary/aromatic N) is 2. The van der Waals surface area contributed by atoms with Crippen molar-refractivity contribution in [2.24, 2.45) is 5.92 Å². The number of hydrazine groups is 1. The number of rotatable bonds is 2. The van der Waals surface area contributed by atoms with Gasteiger partial charge in [0.25, 0.3) is 5.91 Å². The van der Waals surface area contributed by atoms with Crippen LogP contribution in [0.15, 0.2) is 15.9 Å². The molecule has 2 N–H and O–H groups in total. The Morgan fingerprint density at radius 1 is 1.22 bits per heavy atom. The number of amides is 4. The van der Waals surface area contributed by atoms with Crippen molar-refractivity contribution in [3.8, 4) is 0 Å². The summed E-state index contributed by atoms with van der Waals surface area (Å²) < 4.78 is 0.854. The first-order valence-electron chi connectivity index (χ1n) is 7.20. The van der Waals surface area contributed by atoms with Gasteiger partial charge in [-0.05, 0) is 40.9 Å². The van der Waals surface area contributed by atoms with Crippen LogP contribution in [0.25, 0.3) is 0 Å². The van der Waals surface area contributed by atoms with Crippen molar-refractivity contribution >= 4 is 45.1 Å². The maximum Gasteiger partial charge on any atom is 0.319 e. The van der Waals surface area contributed by atoms with E-state index in [4.69, 9.17) is 0 Å². The van der Waals surface area contributed by atoms with Crippen molar-refractivity contribution < 1.29 is 14.4 Å². The van der Waals surface area contributed by atoms with E-state index in [9.17, 15) is 14.4 Å². The molecule has 2 heterocycles. The van der Waals surface area contributed by atoms with Gasteiger partial charge in [0.15, 0.2) is 0 Å². The summed E-state index contributed by atoms with van der Waals surface area (Å²) in [6, 6.07) is 3.42. The van der Waals surface area contributed by atoms with E-state index in [1.807, 2.05) is 0 Å². The van der Waals surface area contributed by atoms with Gasteiger partial charge < -0.3 is 9.80 Å². The molecule has 0 aliphatic carbocycles. The fraction of sp³-hybridized carbons (Fsp3) is 0.500. The third kappa shape index (κ3) is 4.68. The van der Waals surface area contributed by atoms with Crippen LogP contribution in [0.5, 0.6) is 0 Å². The van der Waals surface area contributed by atoms with Gasteiger partial charge in [0, 0.05) is 33.1 Å². The first kappa shape index (κ1) is 17.7. The number of urea groups is 1. The maximum absolute atomic E-state index is 12.1. The molecule has 4 amide bonds. The Labute approximate surface area is 147 Å². The Bertz CT molecular complexity index is 597. The van der Waals surface area contributed by atoms with Gasteiger partial charge in [-0.25, -0.2) is 4.79 Å². The van der Waals surface area contributed by atoms with E-state index >= 15 is 0 Å². The smallest absolute Gasteiger partial charge is 0.319 e. The molecule has 0 bridgehead atoms. The van der Waals surface area contributed by atoms with Crippen LogP contribution in [0.1, 0.15) is 22.5 Å². The number of carbonyl (C=O) groups excluding carboxylic acids is 3. The quantitative estimate of drug-likeness (QED) is 0.738. The van der Waals surface area contributed by atoms with E-state index in [1.165, 1.54) is 16.2 Å². The van der Waals surface area contributed by atoms with Gasteiger partial charge in [-0.2, -0.15) is 0 Å². The summed E-state index contributed by atoms with van der Waals surface area (Å²) in [5.41, 5.74) is 4.89. The zero-order chi connectivity index (χ0) is 17.0. The van der Waals surface area contributed by atoms with E-state index < -0.39 is 0 Å². The lowest BCUT2D eigenvalue weighted by Crippen LogP contribution is -2.49. The second-order valence-corrected chi connectivity index (χ2v) is 7.95. The van der Waals surface area contributed by atoms with E-state index in [0.29, 0.717) is 30.8 Å². The van der Waals surface area contributed by atoms with Gasteiger partial charge in [0.1, 0.15) is 0 Å². The second kappa shape index (κ2) is 7.78. The minimum Gasteiger partial charge on any atom is -0.331 e. The van der Waals surface area contributed by atoms with Crippen LogP contribution in [-0.2, 0) is 4.79 Å². The molecular formula is C14H19BrN4O3S. The lowest BCUT2D eigenvalue weighted by molar-refractivity contribution is -0.127. The number of piperidine rings is 1. The molecule has 1 aliphatic heterocycles. The van der Waals surface area contributed by atoms with E-state index in [1.54, 1.807) is 31.1 Å². The summed E-state index contributed by atoms with van der Waals surface area (Å²) in [6.07, 6.45) is 1.18. The van der Waals surface area contributed by atoms with Crippen LogP contribution in [0.3, 0.4) is 0 Å². The lowest BCUT2D eigenvalue weighted by atomic mass is 9.96. The molecule has 0 radical (unpaired) electrons. The molecule has 0 unspecified atom stereocenters. The van der Waals surface area contributed by atoms with Crippen molar-refractivity contribution in [2.75, 3.05) is 27.2 Å². The number of carbonyl (C=O) groups is 3. The average molecular weight is 403 g/mol. The molecule has 2 rings (SSSR count). The molecule has 1 saturated heterocycles. The number of hydrogen-bond donors (Lipinski definition) is 2. The SMILES string of the molecule is CN(C)C(=O)N1CCC(C(=O)NNC(=O)c2ccc(Br)s2)CC1. The Morgan fingerprint density at radius 2 is 1.87 bits per heavy atom.